The highest BCUT2D eigenvalue weighted by atomic mass is 28.4. The third kappa shape index (κ3) is 2.60. The van der Waals surface area contributed by atoms with Crippen molar-refractivity contribution in [2.45, 2.75) is 70.2 Å². The molecule has 1 aliphatic heterocycles. The third-order valence-corrected chi connectivity index (χ3v) is 8.82. The van der Waals surface area contributed by atoms with Crippen LogP contribution in [0, 0.1) is 0 Å². The Labute approximate surface area is 107 Å². The highest BCUT2D eigenvalue weighted by Gasteiger charge is 2.52. The number of ether oxygens (including phenoxy) is 1. The largest absolute Gasteiger partial charge is 0.545 e. The van der Waals surface area contributed by atoms with Gasteiger partial charge in [0.05, 0.1) is 6.61 Å². The molecule has 1 fully saturated rings. The van der Waals surface area contributed by atoms with Gasteiger partial charge in [-0.1, -0.05) is 20.8 Å². The lowest BCUT2D eigenvalue weighted by atomic mass is 10.0. The van der Waals surface area contributed by atoms with Crippen molar-refractivity contribution in [2.24, 2.45) is 0 Å². The number of hydrogen-bond acceptors (Lipinski definition) is 2. The molecule has 1 saturated heterocycles. The van der Waals surface area contributed by atoms with E-state index in [2.05, 4.69) is 39.9 Å². The smallest absolute Gasteiger partial charge is 0.250 e. The van der Waals surface area contributed by atoms with Crippen LogP contribution in [0.25, 0.3) is 0 Å². The monoisotopic (exact) mass is 254 g/mol. The molecule has 0 bridgehead atoms. The lowest BCUT2D eigenvalue weighted by Crippen LogP contribution is -2.42. The van der Waals surface area contributed by atoms with Crippen molar-refractivity contribution in [3.8, 4) is 0 Å². The first-order valence-electron chi connectivity index (χ1n) is 6.81. The molecule has 0 N–H and O–H groups in total. The molecule has 0 saturated carbocycles. The van der Waals surface area contributed by atoms with Crippen LogP contribution in [-0.2, 0) is 9.16 Å². The molecule has 1 aliphatic carbocycles. The lowest BCUT2D eigenvalue weighted by molar-refractivity contribution is 0.238. The van der Waals surface area contributed by atoms with Gasteiger partial charge in [-0.05, 0) is 49.9 Å². The maximum Gasteiger partial charge on any atom is 0.250 e. The van der Waals surface area contributed by atoms with Crippen molar-refractivity contribution < 1.29 is 9.16 Å². The molecule has 2 aliphatic rings. The summed E-state index contributed by atoms with van der Waals surface area (Å²) in [6, 6.07) is 0. The average Bonchev–Trinajstić information content (AvgIpc) is 2.96. The Hall–Kier alpha value is -0.283. The first-order chi connectivity index (χ1) is 7.77. The molecular weight excluding hydrogens is 228 g/mol. The van der Waals surface area contributed by atoms with Gasteiger partial charge in [-0.25, -0.2) is 0 Å². The molecule has 98 valence electrons. The Morgan fingerprint density at radius 1 is 1.29 bits per heavy atom. The Balaban J connectivity index is 2.14. The average molecular weight is 254 g/mol. The van der Waals surface area contributed by atoms with E-state index in [1.54, 1.807) is 0 Å². The standard InChI is InChI=1S/C14H26O2Si/c1-13(2,3)17(4,5)16-12-9-7-6-8-10-14(12)11-15-14/h9H,6-8,10-11H2,1-5H3. The van der Waals surface area contributed by atoms with Gasteiger partial charge in [-0.3, -0.25) is 0 Å². The molecule has 0 aromatic heterocycles. The number of hydrogen-bond donors (Lipinski definition) is 0. The molecule has 0 radical (unpaired) electrons. The Morgan fingerprint density at radius 2 is 1.94 bits per heavy atom. The maximum absolute atomic E-state index is 6.48. The van der Waals surface area contributed by atoms with Crippen LogP contribution in [0.15, 0.2) is 11.8 Å². The SMILES string of the molecule is CC(C)(C)[Si](C)(C)OC1=CCCCCC12CO2. The van der Waals surface area contributed by atoms with E-state index >= 15 is 0 Å². The number of allylic oxidation sites excluding steroid dienone is 1. The quantitative estimate of drug-likeness (QED) is 0.543. The first kappa shape index (κ1) is 13.2. The number of rotatable bonds is 2. The molecule has 1 unspecified atom stereocenters. The molecule has 17 heavy (non-hydrogen) atoms. The summed E-state index contributed by atoms with van der Waals surface area (Å²) in [7, 11) is -1.71. The zero-order valence-corrected chi connectivity index (χ0v) is 12.9. The molecule has 1 atom stereocenters. The van der Waals surface area contributed by atoms with E-state index in [1.807, 2.05) is 0 Å². The van der Waals surface area contributed by atoms with Crippen LogP contribution >= 0.6 is 0 Å². The lowest BCUT2D eigenvalue weighted by Gasteiger charge is -2.38. The minimum atomic E-state index is -1.71. The van der Waals surface area contributed by atoms with Gasteiger partial charge >= 0.3 is 0 Å². The third-order valence-electron chi connectivity index (χ3n) is 4.48. The fourth-order valence-electron chi connectivity index (χ4n) is 2.03. The predicted molar refractivity (Wildman–Crippen MR) is 73.5 cm³/mol. The van der Waals surface area contributed by atoms with Gasteiger partial charge in [-0.2, -0.15) is 0 Å². The molecule has 2 nitrogen and oxygen atoms in total. The van der Waals surface area contributed by atoms with E-state index in [4.69, 9.17) is 9.16 Å². The summed E-state index contributed by atoms with van der Waals surface area (Å²) in [5, 5.41) is 0.260. The second kappa shape index (κ2) is 4.13. The topological polar surface area (TPSA) is 21.8 Å². The summed E-state index contributed by atoms with van der Waals surface area (Å²) >= 11 is 0. The van der Waals surface area contributed by atoms with Crippen molar-refractivity contribution in [3.05, 3.63) is 11.8 Å². The molecular formula is C14H26O2Si. The summed E-state index contributed by atoms with van der Waals surface area (Å²) in [6.07, 6.45) is 7.12. The van der Waals surface area contributed by atoms with Gasteiger partial charge in [0.2, 0.25) is 8.32 Å². The molecule has 0 aromatic rings. The van der Waals surface area contributed by atoms with Crippen LogP contribution in [0.5, 0.6) is 0 Å². The van der Waals surface area contributed by atoms with Crippen LogP contribution < -0.4 is 0 Å². The molecule has 0 amide bonds. The molecule has 1 heterocycles. The Kier molecular flexibility index (Phi) is 3.19. The van der Waals surface area contributed by atoms with Gasteiger partial charge < -0.3 is 9.16 Å². The summed E-state index contributed by atoms with van der Waals surface area (Å²) in [4.78, 5) is 0. The van der Waals surface area contributed by atoms with Crippen LogP contribution in [0.3, 0.4) is 0 Å². The molecule has 0 aromatic carbocycles. The van der Waals surface area contributed by atoms with E-state index in [9.17, 15) is 0 Å². The summed E-state index contributed by atoms with van der Waals surface area (Å²) < 4.78 is 12.2. The zero-order chi connectivity index (χ0) is 12.7. The van der Waals surface area contributed by atoms with Crippen LogP contribution in [0.4, 0.5) is 0 Å². The minimum absolute atomic E-state index is 0.0218. The fraction of sp³-hybridized carbons (Fsp3) is 0.857. The minimum Gasteiger partial charge on any atom is -0.545 e. The highest BCUT2D eigenvalue weighted by molar-refractivity contribution is 6.74. The second-order valence-electron chi connectivity index (χ2n) is 6.96. The van der Waals surface area contributed by atoms with E-state index in [0.29, 0.717) is 0 Å². The van der Waals surface area contributed by atoms with E-state index < -0.39 is 8.32 Å². The summed E-state index contributed by atoms with van der Waals surface area (Å²) in [6.45, 7) is 12.4. The normalized spacial score (nSPS) is 29.8. The van der Waals surface area contributed by atoms with E-state index in [-0.39, 0.29) is 10.6 Å². The molecule has 2 rings (SSSR count). The van der Waals surface area contributed by atoms with Crippen molar-refractivity contribution in [2.75, 3.05) is 6.61 Å². The Morgan fingerprint density at radius 3 is 2.47 bits per heavy atom. The molecule has 1 spiro atoms. The maximum atomic E-state index is 6.48. The van der Waals surface area contributed by atoms with Crippen LogP contribution in [-0.4, -0.2) is 20.5 Å². The first-order valence-corrected chi connectivity index (χ1v) is 9.71. The van der Waals surface area contributed by atoms with Crippen LogP contribution in [0.1, 0.15) is 46.5 Å². The van der Waals surface area contributed by atoms with E-state index in [0.717, 1.165) is 25.2 Å². The van der Waals surface area contributed by atoms with Gasteiger partial charge in [-0.15, -0.1) is 0 Å². The van der Waals surface area contributed by atoms with Crippen molar-refractivity contribution in [1.29, 1.82) is 0 Å². The van der Waals surface area contributed by atoms with Crippen molar-refractivity contribution in [3.63, 3.8) is 0 Å². The van der Waals surface area contributed by atoms with Crippen LogP contribution in [0.2, 0.25) is 18.1 Å². The predicted octanol–water partition coefficient (Wildman–Crippen LogP) is 4.24. The fourth-order valence-corrected chi connectivity index (χ4v) is 3.16. The number of epoxide rings is 1. The van der Waals surface area contributed by atoms with Gasteiger partial charge in [0.1, 0.15) is 11.4 Å². The van der Waals surface area contributed by atoms with Crippen molar-refractivity contribution in [1.82, 2.24) is 0 Å². The van der Waals surface area contributed by atoms with E-state index in [1.165, 1.54) is 12.8 Å². The van der Waals surface area contributed by atoms with Gasteiger partial charge in [0, 0.05) is 0 Å². The summed E-state index contributed by atoms with van der Waals surface area (Å²) in [5.41, 5.74) is -0.0218. The van der Waals surface area contributed by atoms with Crippen molar-refractivity contribution >= 4 is 8.32 Å². The van der Waals surface area contributed by atoms with Gasteiger partial charge in [0.25, 0.3) is 0 Å². The molecule has 3 heteroatoms. The highest BCUT2D eigenvalue weighted by Crippen LogP contribution is 2.46. The summed E-state index contributed by atoms with van der Waals surface area (Å²) in [5.74, 6) is 1.15. The Bertz CT molecular complexity index is 322. The second-order valence-corrected chi connectivity index (χ2v) is 11.7. The van der Waals surface area contributed by atoms with Gasteiger partial charge in [0.15, 0.2) is 0 Å². The zero-order valence-electron chi connectivity index (χ0n) is 11.9.